The largest absolute Gasteiger partial charge is 0.480 e. The summed E-state index contributed by atoms with van der Waals surface area (Å²) in [7, 11) is 0. The molecule has 1 saturated heterocycles. The van der Waals surface area contributed by atoms with Crippen LogP contribution < -0.4 is 4.90 Å². The van der Waals surface area contributed by atoms with Crippen LogP contribution in [-0.2, 0) is 16.1 Å². The fraction of sp³-hybridized carbons (Fsp3) is 0.179. The highest BCUT2D eigenvalue weighted by atomic mass is 16.6. The van der Waals surface area contributed by atoms with Crippen molar-refractivity contribution in [3.05, 3.63) is 95.6 Å². The minimum atomic E-state index is -1.22. The third-order valence-electron chi connectivity index (χ3n) is 6.36. The molecule has 5 rings (SSSR count). The van der Waals surface area contributed by atoms with Crippen LogP contribution in [-0.4, -0.2) is 58.7 Å². The Hall–Kier alpha value is -4.59. The number of piperazine rings is 1. The maximum Gasteiger partial charge on any atom is 0.410 e. The predicted octanol–water partition coefficient (Wildman–Crippen LogP) is 4.84. The van der Waals surface area contributed by atoms with Gasteiger partial charge in [-0.25, -0.2) is 14.4 Å². The van der Waals surface area contributed by atoms with Gasteiger partial charge in [-0.2, -0.15) is 0 Å². The standard InChI is InChI=1S/C28H25N3O5/c32-26(33)25-18-29(28(35)36-19-20-8-2-1-3-9-20)16-17-30(25)27(34)31-23-12-6-4-10-21(23)14-15-22-11-5-7-13-24(22)31/h1-15,25H,16-19H2,(H,32,33)/t25-/m0/s1. The Morgan fingerprint density at radius 2 is 1.39 bits per heavy atom. The molecule has 3 amide bonds. The Labute approximate surface area is 208 Å². The first-order valence-electron chi connectivity index (χ1n) is 11.7. The second-order valence-electron chi connectivity index (χ2n) is 8.60. The lowest BCUT2D eigenvalue weighted by molar-refractivity contribution is -0.143. The monoisotopic (exact) mass is 483 g/mol. The van der Waals surface area contributed by atoms with Crippen molar-refractivity contribution in [2.75, 3.05) is 24.5 Å². The van der Waals surface area contributed by atoms with Crippen LogP contribution in [0.15, 0.2) is 78.9 Å². The number of benzene rings is 3. The summed E-state index contributed by atoms with van der Waals surface area (Å²) in [5.41, 5.74) is 3.85. The molecule has 36 heavy (non-hydrogen) atoms. The zero-order valence-corrected chi connectivity index (χ0v) is 19.5. The van der Waals surface area contributed by atoms with Crippen LogP contribution in [0.5, 0.6) is 0 Å². The molecule has 0 saturated carbocycles. The fourth-order valence-corrected chi connectivity index (χ4v) is 4.51. The Balaban J connectivity index is 1.38. The van der Waals surface area contributed by atoms with Crippen molar-refractivity contribution in [2.45, 2.75) is 12.6 Å². The van der Waals surface area contributed by atoms with Gasteiger partial charge >= 0.3 is 18.1 Å². The molecule has 8 heteroatoms. The normalized spacial score (nSPS) is 16.6. The van der Waals surface area contributed by atoms with Crippen molar-refractivity contribution in [2.24, 2.45) is 0 Å². The van der Waals surface area contributed by atoms with Crippen molar-refractivity contribution in [1.82, 2.24) is 9.80 Å². The molecule has 1 N–H and O–H groups in total. The van der Waals surface area contributed by atoms with Crippen molar-refractivity contribution < 1.29 is 24.2 Å². The summed E-state index contributed by atoms with van der Waals surface area (Å²) in [6.45, 7) is 0.151. The van der Waals surface area contributed by atoms with Gasteiger partial charge in [-0.3, -0.25) is 4.90 Å². The number of urea groups is 1. The summed E-state index contributed by atoms with van der Waals surface area (Å²) >= 11 is 0. The summed E-state index contributed by atoms with van der Waals surface area (Å²) in [6, 6.07) is 22.6. The first-order valence-corrected chi connectivity index (χ1v) is 11.7. The van der Waals surface area contributed by atoms with Crippen molar-refractivity contribution >= 4 is 41.6 Å². The van der Waals surface area contributed by atoms with E-state index >= 15 is 0 Å². The minimum Gasteiger partial charge on any atom is -0.480 e. The SMILES string of the molecule is O=C(O)[C@@H]1CN(C(=O)OCc2ccccc2)CCN1C(=O)N1c2ccccc2C=Cc2ccccc21. The quantitative estimate of drug-likeness (QED) is 0.576. The smallest absolute Gasteiger partial charge is 0.410 e. The van der Waals surface area contributed by atoms with E-state index in [1.807, 2.05) is 91.0 Å². The lowest BCUT2D eigenvalue weighted by Crippen LogP contribution is -2.61. The van der Waals surface area contributed by atoms with Gasteiger partial charge < -0.3 is 19.6 Å². The summed E-state index contributed by atoms with van der Waals surface area (Å²) in [4.78, 5) is 43.1. The Bertz CT molecular complexity index is 1270. The predicted molar refractivity (Wildman–Crippen MR) is 136 cm³/mol. The molecular weight excluding hydrogens is 458 g/mol. The number of carbonyl (C=O) groups excluding carboxylic acids is 2. The van der Waals surface area contributed by atoms with E-state index < -0.39 is 24.1 Å². The summed E-state index contributed by atoms with van der Waals surface area (Å²) in [5.74, 6) is -1.18. The molecule has 0 spiro atoms. The highest BCUT2D eigenvalue weighted by Gasteiger charge is 2.40. The Kier molecular flexibility index (Phi) is 6.40. The van der Waals surface area contributed by atoms with Crippen molar-refractivity contribution in [1.29, 1.82) is 0 Å². The second kappa shape index (κ2) is 9.95. The van der Waals surface area contributed by atoms with Gasteiger partial charge in [-0.05, 0) is 28.8 Å². The lowest BCUT2D eigenvalue weighted by Gasteiger charge is -2.41. The average Bonchev–Trinajstić information content (AvgIpc) is 3.08. The summed E-state index contributed by atoms with van der Waals surface area (Å²) in [6.07, 6.45) is 3.28. The van der Waals surface area contributed by atoms with Gasteiger partial charge in [0.1, 0.15) is 12.6 Å². The van der Waals surface area contributed by atoms with E-state index in [9.17, 15) is 19.5 Å². The minimum absolute atomic E-state index is 0.0600. The molecule has 1 atom stereocenters. The van der Waals surface area contributed by atoms with E-state index in [0.717, 1.165) is 16.7 Å². The maximum atomic E-state index is 14.0. The number of carboxylic acids is 1. The number of hydrogen-bond donors (Lipinski definition) is 1. The number of amides is 3. The van der Waals surface area contributed by atoms with Crippen molar-refractivity contribution in [3.8, 4) is 0 Å². The van der Waals surface area contributed by atoms with Gasteiger partial charge in [0, 0.05) is 13.1 Å². The van der Waals surface area contributed by atoms with E-state index in [1.165, 1.54) is 9.80 Å². The third kappa shape index (κ3) is 4.53. The Morgan fingerprint density at radius 3 is 2.00 bits per heavy atom. The van der Waals surface area contributed by atoms with Gasteiger partial charge in [-0.1, -0.05) is 78.9 Å². The molecule has 0 aliphatic carbocycles. The number of aliphatic carboxylic acids is 1. The van der Waals surface area contributed by atoms with Crippen LogP contribution >= 0.6 is 0 Å². The molecule has 2 aliphatic rings. The molecule has 2 aliphatic heterocycles. The first-order chi connectivity index (χ1) is 17.5. The van der Waals surface area contributed by atoms with E-state index in [4.69, 9.17) is 4.74 Å². The molecule has 0 unspecified atom stereocenters. The first kappa shape index (κ1) is 23.2. The summed E-state index contributed by atoms with van der Waals surface area (Å²) in [5, 5.41) is 10.0. The number of anilines is 2. The molecule has 2 heterocycles. The number of rotatable bonds is 3. The van der Waals surface area contributed by atoms with E-state index in [0.29, 0.717) is 11.4 Å². The zero-order chi connectivity index (χ0) is 25.1. The van der Waals surface area contributed by atoms with E-state index in [2.05, 4.69) is 0 Å². The summed E-state index contributed by atoms with van der Waals surface area (Å²) < 4.78 is 5.39. The topological polar surface area (TPSA) is 90.4 Å². The number of carboxylic acid groups (broad SMARTS) is 1. The number of ether oxygens (including phenoxy) is 1. The van der Waals surface area contributed by atoms with Gasteiger partial charge in [0.15, 0.2) is 0 Å². The van der Waals surface area contributed by atoms with Crippen LogP contribution in [0.1, 0.15) is 16.7 Å². The van der Waals surface area contributed by atoms with Crippen LogP contribution in [0.2, 0.25) is 0 Å². The molecule has 1 fully saturated rings. The molecule has 0 radical (unpaired) electrons. The van der Waals surface area contributed by atoms with Gasteiger partial charge in [0.05, 0.1) is 17.9 Å². The molecule has 0 aromatic heterocycles. The number of hydrogen-bond acceptors (Lipinski definition) is 4. The maximum absolute atomic E-state index is 14.0. The van der Waals surface area contributed by atoms with Crippen LogP contribution in [0.4, 0.5) is 21.0 Å². The third-order valence-corrected chi connectivity index (χ3v) is 6.36. The number of nitrogens with zero attached hydrogens (tertiary/aromatic N) is 3. The number of fused-ring (bicyclic) bond motifs is 2. The zero-order valence-electron chi connectivity index (χ0n) is 19.5. The van der Waals surface area contributed by atoms with Crippen LogP contribution in [0, 0.1) is 0 Å². The average molecular weight is 484 g/mol. The van der Waals surface area contributed by atoms with Crippen molar-refractivity contribution in [3.63, 3.8) is 0 Å². The highest BCUT2D eigenvalue weighted by molar-refractivity contribution is 6.06. The molecule has 182 valence electrons. The molecule has 8 nitrogen and oxygen atoms in total. The highest BCUT2D eigenvalue weighted by Crippen LogP contribution is 2.37. The van der Waals surface area contributed by atoms with E-state index in [-0.39, 0.29) is 26.2 Å². The van der Waals surface area contributed by atoms with Gasteiger partial charge in [0.25, 0.3) is 0 Å². The van der Waals surface area contributed by atoms with E-state index in [1.54, 1.807) is 4.90 Å². The van der Waals surface area contributed by atoms with Gasteiger partial charge in [0.2, 0.25) is 0 Å². The number of carbonyl (C=O) groups is 3. The van der Waals surface area contributed by atoms with Gasteiger partial charge in [-0.15, -0.1) is 0 Å². The van der Waals surface area contributed by atoms with Crippen LogP contribution in [0.25, 0.3) is 12.2 Å². The molecule has 0 bridgehead atoms. The van der Waals surface area contributed by atoms with Crippen LogP contribution in [0.3, 0.4) is 0 Å². The molecule has 3 aromatic carbocycles. The molecule has 3 aromatic rings. The fourth-order valence-electron chi connectivity index (χ4n) is 4.51. The lowest BCUT2D eigenvalue weighted by atomic mass is 10.1. The number of para-hydroxylation sites is 2. The Morgan fingerprint density at radius 1 is 0.806 bits per heavy atom. The molecular formula is C28H25N3O5. The second-order valence-corrected chi connectivity index (χ2v) is 8.60.